The summed E-state index contributed by atoms with van der Waals surface area (Å²) < 4.78 is 10.4. The van der Waals surface area contributed by atoms with Crippen molar-refractivity contribution in [3.05, 3.63) is 40.8 Å². The van der Waals surface area contributed by atoms with E-state index in [1.807, 2.05) is 19.1 Å². The Morgan fingerprint density at radius 2 is 2.16 bits per heavy atom. The van der Waals surface area contributed by atoms with E-state index in [4.69, 9.17) is 4.42 Å². The summed E-state index contributed by atoms with van der Waals surface area (Å²) in [7, 11) is 1.36. The molecule has 0 N–H and O–H groups in total. The third-order valence-corrected chi connectivity index (χ3v) is 3.75. The molecule has 3 rings (SSSR count). The van der Waals surface area contributed by atoms with Gasteiger partial charge in [-0.25, -0.2) is 9.78 Å². The smallest absolute Gasteiger partial charge is 0.337 e. The maximum atomic E-state index is 11.5. The van der Waals surface area contributed by atoms with Crippen molar-refractivity contribution < 1.29 is 13.9 Å². The number of carbonyl (C=O) groups is 1. The van der Waals surface area contributed by atoms with Gasteiger partial charge in [0.2, 0.25) is 5.89 Å². The van der Waals surface area contributed by atoms with Gasteiger partial charge >= 0.3 is 5.97 Å². The zero-order valence-electron chi connectivity index (χ0n) is 10.5. The average molecular weight is 273 g/mol. The van der Waals surface area contributed by atoms with Crippen LogP contribution in [0.2, 0.25) is 0 Å². The maximum Gasteiger partial charge on any atom is 0.337 e. The van der Waals surface area contributed by atoms with Crippen LogP contribution in [0.3, 0.4) is 0 Å². The van der Waals surface area contributed by atoms with E-state index in [9.17, 15) is 4.79 Å². The van der Waals surface area contributed by atoms with Crippen molar-refractivity contribution >= 4 is 28.4 Å². The first-order valence-corrected chi connectivity index (χ1v) is 6.55. The van der Waals surface area contributed by atoms with E-state index in [0.29, 0.717) is 22.6 Å². The summed E-state index contributed by atoms with van der Waals surface area (Å²) in [6.07, 6.45) is 0. The molecule has 2 heterocycles. The Balaban J connectivity index is 2.08. The Labute approximate surface area is 113 Å². The third kappa shape index (κ3) is 2.13. The Bertz CT molecular complexity index is 757. The monoisotopic (exact) mass is 273 g/mol. The standard InChI is InChI=1S/C14H11NO3S/c1-8-3-6-12(19-8)13-15-10-7-9(14(16)17-2)4-5-11(10)18-13/h3-7H,1-2H3. The minimum atomic E-state index is -0.376. The van der Waals surface area contributed by atoms with Gasteiger partial charge in [-0.1, -0.05) is 0 Å². The van der Waals surface area contributed by atoms with Crippen molar-refractivity contribution in [1.82, 2.24) is 4.98 Å². The lowest BCUT2D eigenvalue weighted by Crippen LogP contribution is -2.00. The second-order valence-electron chi connectivity index (χ2n) is 4.10. The van der Waals surface area contributed by atoms with Crippen LogP contribution in [0.15, 0.2) is 34.7 Å². The maximum absolute atomic E-state index is 11.5. The quantitative estimate of drug-likeness (QED) is 0.669. The van der Waals surface area contributed by atoms with E-state index in [1.54, 1.807) is 29.5 Å². The van der Waals surface area contributed by atoms with Crippen LogP contribution in [-0.4, -0.2) is 18.1 Å². The molecule has 0 aliphatic heterocycles. The number of hydrogen-bond acceptors (Lipinski definition) is 5. The third-order valence-electron chi connectivity index (χ3n) is 2.76. The van der Waals surface area contributed by atoms with E-state index < -0.39 is 0 Å². The number of rotatable bonds is 2. The lowest BCUT2D eigenvalue weighted by Gasteiger charge is -1.96. The van der Waals surface area contributed by atoms with Crippen LogP contribution in [0.4, 0.5) is 0 Å². The molecule has 0 amide bonds. The van der Waals surface area contributed by atoms with Crippen LogP contribution in [0.5, 0.6) is 0 Å². The summed E-state index contributed by atoms with van der Waals surface area (Å²) in [5.41, 5.74) is 1.79. The van der Waals surface area contributed by atoms with Gasteiger partial charge in [-0.15, -0.1) is 11.3 Å². The van der Waals surface area contributed by atoms with Crippen LogP contribution in [0.25, 0.3) is 21.9 Å². The number of fused-ring (bicyclic) bond motifs is 1. The van der Waals surface area contributed by atoms with Gasteiger partial charge in [0.25, 0.3) is 0 Å². The second-order valence-corrected chi connectivity index (χ2v) is 5.39. The fourth-order valence-electron chi connectivity index (χ4n) is 1.83. The summed E-state index contributed by atoms with van der Waals surface area (Å²) in [6, 6.07) is 9.08. The number of thiophene rings is 1. The fourth-order valence-corrected chi connectivity index (χ4v) is 2.62. The van der Waals surface area contributed by atoms with Crippen molar-refractivity contribution in [2.45, 2.75) is 6.92 Å². The predicted molar refractivity (Wildman–Crippen MR) is 73.4 cm³/mol. The predicted octanol–water partition coefficient (Wildman–Crippen LogP) is 3.65. The molecule has 2 aromatic heterocycles. The minimum absolute atomic E-state index is 0.376. The second kappa shape index (κ2) is 4.51. The molecule has 0 bridgehead atoms. The van der Waals surface area contributed by atoms with Gasteiger partial charge in [0.15, 0.2) is 5.58 Å². The number of esters is 1. The molecule has 0 saturated carbocycles. The van der Waals surface area contributed by atoms with Crippen molar-refractivity contribution in [1.29, 1.82) is 0 Å². The van der Waals surface area contributed by atoms with Crippen molar-refractivity contribution in [2.75, 3.05) is 7.11 Å². The number of ether oxygens (including phenoxy) is 1. The van der Waals surface area contributed by atoms with Gasteiger partial charge < -0.3 is 9.15 Å². The van der Waals surface area contributed by atoms with E-state index >= 15 is 0 Å². The van der Waals surface area contributed by atoms with E-state index in [0.717, 1.165) is 4.88 Å². The van der Waals surface area contributed by atoms with Gasteiger partial charge in [0, 0.05) is 4.88 Å². The summed E-state index contributed by atoms with van der Waals surface area (Å²) in [5.74, 6) is 0.202. The minimum Gasteiger partial charge on any atom is -0.465 e. The molecular formula is C14H11NO3S. The van der Waals surface area contributed by atoms with E-state index in [1.165, 1.54) is 12.0 Å². The van der Waals surface area contributed by atoms with Crippen LogP contribution in [-0.2, 0) is 4.74 Å². The molecule has 0 saturated heterocycles. The number of hydrogen-bond donors (Lipinski definition) is 0. The van der Waals surface area contributed by atoms with Crippen LogP contribution >= 0.6 is 11.3 Å². The van der Waals surface area contributed by atoms with Gasteiger partial charge in [0.05, 0.1) is 17.6 Å². The molecule has 0 fully saturated rings. The van der Waals surface area contributed by atoms with Crippen molar-refractivity contribution in [3.8, 4) is 10.8 Å². The topological polar surface area (TPSA) is 52.3 Å². The molecule has 0 aliphatic carbocycles. The summed E-state index contributed by atoms with van der Waals surface area (Å²) >= 11 is 1.62. The summed E-state index contributed by atoms with van der Waals surface area (Å²) in [4.78, 5) is 18.0. The largest absolute Gasteiger partial charge is 0.465 e. The molecule has 0 aliphatic rings. The highest BCUT2D eigenvalue weighted by Gasteiger charge is 2.12. The first-order valence-electron chi connectivity index (χ1n) is 5.73. The number of aromatic nitrogens is 1. The molecule has 96 valence electrons. The molecular weight excluding hydrogens is 262 g/mol. The molecule has 3 aromatic rings. The molecule has 4 nitrogen and oxygen atoms in total. The van der Waals surface area contributed by atoms with Gasteiger partial charge in [-0.2, -0.15) is 0 Å². The molecule has 5 heteroatoms. The normalized spacial score (nSPS) is 10.8. The summed E-state index contributed by atoms with van der Waals surface area (Å²) in [5, 5.41) is 0. The molecule has 0 unspecified atom stereocenters. The first-order chi connectivity index (χ1) is 9.17. The Morgan fingerprint density at radius 3 is 2.84 bits per heavy atom. The Kier molecular flexibility index (Phi) is 2.83. The zero-order valence-corrected chi connectivity index (χ0v) is 11.3. The number of aryl methyl sites for hydroxylation is 1. The molecule has 19 heavy (non-hydrogen) atoms. The van der Waals surface area contributed by atoms with E-state index in [2.05, 4.69) is 9.72 Å². The highest BCUT2D eigenvalue weighted by atomic mass is 32.1. The SMILES string of the molecule is COC(=O)c1ccc2oc(-c3ccc(C)s3)nc2c1. The lowest BCUT2D eigenvalue weighted by atomic mass is 10.2. The van der Waals surface area contributed by atoms with Gasteiger partial charge in [-0.05, 0) is 37.3 Å². The number of nitrogens with zero attached hydrogens (tertiary/aromatic N) is 1. The Morgan fingerprint density at radius 1 is 1.32 bits per heavy atom. The Hall–Kier alpha value is -2.14. The lowest BCUT2D eigenvalue weighted by molar-refractivity contribution is 0.0601. The fraction of sp³-hybridized carbons (Fsp3) is 0.143. The van der Waals surface area contributed by atoms with Crippen LogP contribution in [0.1, 0.15) is 15.2 Å². The highest BCUT2D eigenvalue weighted by Crippen LogP contribution is 2.30. The van der Waals surface area contributed by atoms with Crippen molar-refractivity contribution in [3.63, 3.8) is 0 Å². The van der Waals surface area contributed by atoms with E-state index in [-0.39, 0.29) is 5.97 Å². The number of oxazole rings is 1. The van der Waals surface area contributed by atoms with Crippen LogP contribution < -0.4 is 0 Å². The number of methoxy groups -OCH3 is 1. The zero-order chi connectivity index (χ0) is 13.4. The molecule has 0 spiro atoms. The van der Waals surface area contributed by atoms with Crippen LogP contribution in [0, 0.1) is 6.92 Å². The molecule has 0 atom stereocenters. The highest BCUT2D eigenvalue weighted by molar-refractivity contribution is 7.15. The number of benzene rings is 1. The number of carbonyl (C=O) groups excluding carboxylic acids is 1. The molecule has 1 aromatic carbocycles. The molecule has 0 radical (unpaired) electrons. The van der Waals surface area contributed by atoms with Gasteiger partial charge in [0.1, 0.15) is 5.52 Å². The van der Waals surface area contributed by atoms with Crippen molar-refractivity contribution in [2.24, 2.45) is 0 Å². The van der Waals surface area contributed by atoms with Gasteiger partial charge in [-0.3, -0.25) is 0 Å². The first kappa shape index (κ1) is 11.9. The summed E-state index contributed by atoms with van der Waals surface area (Å²) in [6.45, 7) is 2.03. The average Bonchev–Trinajstić information content (AvgIpc) is 3.02.